The molecular formula is C17H12N6O5. The van der Waals surface area contributed by atoms with Crippen molar-refractivity contribution < 1.29 is 14.6 Å². The molecule has 2 N–H and O–H groups in total. The average molecular weight is 380 g/mol. The monoisotopic (exact) mass is 380 g/mol. The summed E-state index contributed by atoms with van der Waals surface area (Å²) < 4.78 is 0. The van der Waals surface area contributed by atoms with Gasteiger partial charge in [-0.15, -0.1) is 0 Å². The lowest BCUT2D eigenvalue weighted by Crippen LogP contribution is -2.29. The highest BCUT2D eigenvalue weighted by Gasteiger charge is 2.11. The molecule has 3 rings (SSSR count). The van der Waals surface area contributed by atoms with Gasteiger partial charge < -0.3 is 0 Å². The molecule has 140 valence electrons. The van der Waals surface area contributed by atoms with Crippen LogP contribution in [0.25, 0.3) is 11.4 Å². The molecule has 0 aliphatic heterocycles. The maximum atomic E-state index is 12.1. The number of nitrogens with one attached hydrogen (secondary N) is 2. The van der Waals surface area contributed by atoms with Crippen molar-refractivity contribution in [3.63, 3.8) is 0 Å². The van der Waals surface area contributed by atoms with Gasteiger partial charge in [0.1, 0.15) is 0 Å². The van der Waals surface area contributed by atoms with Gasteiger partial charge in [-0.2, -0.15) is 0 Å². The van der Waals surface area contributed by atoms with Crippen molar-refractivity contribution in [2.75, 3.05) is 5.43 Å². The molecule has 28 heavy (non-hydrogen) atoms. The molecule has 0 saturated heterocycles. The summed E-state index contributed by atoms with van der Waals surface area (Å²) in [5.74, 6) is -0.285. The van der Waals surface area contributed by atoms with Crippen LogP contribution in [0, 0.1) is 20.2 Å². The van der Waals surface area contributed by atoms with E-state index < -0.39 is 15.8 Å². The predicted molar refractivity (Wildman–Crippen MR) is 98.3 cm³/mol. The molecule has 0 aliphatic carbocycles. The van der Waals surface area contributed by atoms with Crippen LogP contribution < -0.4 is 10.9 Å². The van der Waals surface area contributed by atoms with Crippen molar-refractivity contribution in [1.82, 2.24) is 15.4 Å². The van der Waals surface area contributed by atoms with Crippen molar-refractivity contribution in [2.24, 2.45) is 0 Å². The molecule has 1 heterocycles. The van der Waals surface area contributed by atoms with Gasteiger partial charge in [-0.3, -0.25) is 35.9 Å². The summed E-state index contributed by atoms with van der Waals surface area (Å²) >= 11 is 0. The number of benzene rings is 2. The van der Waals surface area contributed by atoms with E-state index >= 15 is 0 Å². The van der Waals surface area contributed by atoms with Crippen LogP contribution in [0.3, 0.4) is 0 Å². The standard InChI is InChI=1S/C17H12N6O5/c24-17(21-20-13-4-6-14(7-5-13)22(25)26)12-9-18-16(19-10-12)11-2-1-3-15(8-11)23(27)28/h1-10,20H,(H,21,24). The third-order valence-electron chi connectivity index (χ3n) is 3.63. The van der Waals surface area contributed by atoms with Gasteiger partial charge in [0, 0.05) is 42.2 Å². The van der Waals surface area contributed by atoms with E-state index in [4.69, 9.17) is 0 Å². The molecule has 1 aromatic heterocycles. The fourth-order valence-corrected chi connectivity index (χ4v) is 2.22. The second-order valence-corrected chi connectivity index (χ2v) is 5.49. The highest BCUT2D eigenvalue weighted by atomic mass is 16.6. The van der Waals surface area contributed by atoms with Crippen LogP contribution >= 0.6 is 0 Å². The summed E-state index contributed by atoms with van der Waals surface area (Å²) in [6, 6.07) is 11.3. The van der Waals surface area contributed by atoms with Crippen molar-refractivity contribution in [2.45, 2.75) is 0 Å². The number of hydrogen-bond donors (Lipinski definition) is 2. The fourth-order valence-electron chi connectivity index (χ4n) is 2.22. The Labute approximate surface area is 157 Å². The molecular weight excluding hydrogens is 368 g/mol. The number of amides is 1. The van der Waals surface area contributed by atoms with E-state index in [9.17, 15) is 25.0 Å². The Balaban J connectivity index is 1.66. The van der Waals surface area contributed by atoms with Crippen molar-refractivity contribution in [3.05, 3.63) is 86.7 Å². The predicted octanol–water partition coefficient (Wildman–Crippen LogP) is 2.72. The molecule has 3 aromatic rings. The third-order valence-corrected chi connectivity index (χ3v) is 3.63. The van der Waals surface area contributed by atoms with Gasteiger partial charge in [-0.1, -0.05) is 12.1 Å². The van der Waals surface area contributed by atoms with E-state index in [-0.39, 0.29) is 22.8 Å². The lowest BCUT2D eigenvalue weighted by atomic mass is 10.2. The van der Waals surface area contributed by atoms with Crippen LogP contribution in [0.2, 0.25) is 0 Å². The summed E-state index contributed by atoms with van der Waals surface area (Å²) in [6.07, 6.45) is 2.57. The van der Waals surface area contributed by atoms with Gasteiger partial charge in [-0.25, -0.2) is 9.97 Å². The number of anilines is 1. The van der Waals surface area contributed by atoms with Crippen LogP contribution in [0.1, 0.15) is 10.4 Å². The quantitative estimate of drug-likeness (QED) is 0.489. The molecule has 0 spiro atoms. The zero-order valence-electron chi connectivity index (χ0n) is 14.1. The highest BCUT2D eigenvalue weighted by molar-refractivity contribution is 5.94. The number of hydrogen-bond acceptors (Lipinski definition) is 8. The van der Waals surface area contributed by atoms with Crippen LogP contribution in [0.5, 0.6) is 0 Å². The van der Waals surface area contributed by atoms with E-state index in [1.165, 1.54) is 54.9 Å². The molecule has 0 aliphatic rings. The highest BCUT2D eigenvalue weighted by Crippen LogP contribution is 2.20. The van der Waals surface area contributed by atoms with Crippen LogP contribution in [-0.2, 0) is 0 Å². The third kappa shape index (κ3) is 4.22. The molecule has 0 unspecified atom stereocenters. The van der Waals surface area contributed by atoms with E-state index in [1.54, 1.807) is 6.07 Å². The van der Waals surface area contributed by atoms with E-state index in [1.807, 2.05) is 0 Å². The molecule has 0 saturated carbocycles. The van der Waals surface area contributed by atoms with Crippen molar-refractivity contribution in [1.29, 1.82) is 0 Å². The average Bonchev–Trinajstić information content (AvgIpc) is 2.72. The first-order valence-corrected chi connectivity index (χ1v) is 7.82. The Kier molecular flexibility index (Phi) is 5.16. The molecule has 2 aromatic carbocycles. The summed E-state index contributed by atoms with van der Waals surface area (Å²) in [7, 11) is 0. The molecule has 11 nitrogen and oxygen atoms in total. The zero-order valence-corrected chi connectivity index (χ0v) is 14.1. The minimum atomic E-state index is -0.525. The number of hydrazine groups is 1. The first-order chi connectivity index (χ1) is 13.4. The Hall–Kier alpha value is -4.41. The van der Waals surface area contributed by atoms with E-state index in [2.05, 4.69) is 20.8 Å². The van der Waals surface area contributed by atoms with Gasteiger partial charge in [0.15, 0.2) is 5.82 Å². The molecule has 0 fully saturated rings. The summed E-state index contributed by atoms with van der Waals surface area (Å²) in [4.78, 5) is 40.7. The summed E-state index contributed by atoms with van der Waals surface area (Å²) in [5.41, 5.74) is 5.94. The molecule has 11 heteroatoms. The van der Waals surface area contributed by atoms with E-state index in [0.717, 1.165) is 0 Å². The van der Waals surface area contributed by atoms with Crippen molar-refractivity contribution in [3.8, 4) is 11.4 Å². The number of carbonyl (C=O) groups is 1. The second kappa shape index (κ2) is 7.86. The first-order valence-electron chi connectivity index (χ1n) is 7.82. The molecule has 0 bridgehead atoms. The largest absolute Gasteiger partial charge is 0.298 e. The first kappa shape index (κ1) is 18.4. The van der Waals surface area contributed by atoms with Crippen LogP contribution in [0.15, 0.2) is 60.9 Å². The number of non-ortho nitro benzene ring substituents is 2. The number of rotatable bonds is 6. The number of nitro benzene ring substituents is 2. The number of nitro groups is 2. The summed E-state index contributed by atoms with van der Waals surface area (Å²) in [6.45, 7) is 0. The lowest BCUT2D eigenvalue weighted by Gasteiger charge is -2.08. The maximum absolute atomic E-state index is 12.1. The smallest absolute Gasteiger partial charge is 0.272 e. The molecule has 1 amide bonds. The lowest BCUT2D eigenvalue weighted by molar-refractivity contribution is -0.385. The van der Waals surface area contributed by atoms with Crippen LogP contribution in [0.4, 0.5) is 17.1 Å². The van der Waals surface area contributed by atoms with Crippen LogP contribution in [-0.4, -0.2) is 25.7 Å². The van der Waals surface area contributed by atoms with E-state index in [0.29, 0.717) is 11.3 Å². The topological polar surface area (TPSA) is 153 Å². The summed E-state index contributed by atoms with van der Waals surface area (Å²) in [5, 5.41) is 21.5. The minimum Gasteiger partial charge on any atom is -0.298 e. The molecule has 0 atom stereocenters. The van der Waals surface area contributed by atoms with Crippen molar-refractivity contribution >= 4 is 23.0 Å². The van der Waals surface area contributed by atoms with Gasteiger partial charge in [-0.05, 0) is 12.1 Å². The Morgan fingerprint density at radius 2 is 1.54 bits per heavy atom. The zero-order chi connectivity index (χ0) is 20.1. The maximum Gasteiger partial charge on any atom is 0.272 e. The fraction of sp³-hybridized carbons (Fsp3) is 0. The van der Waals surface area contributed by atoms with Gasteiger partial charge >= 0.3 is 0 Å². The van der Waals surface area contributed by atoms with Gasteiger partial charge in [0.2, 0.25) is 0 Å². The molecule has 0 radical (unpaired) electrons. The normalized spacial score (nSPS) is 10.1. The minimum absolute atomic E-state index is 0.0676. The van der Waals surface area contributed by atoms with Gasteiger partial charge in [0.05, 0.1) is 21.1 Å². The Morgan fingerprint density at radius 1 is 0.893 bits per heavy atom. The van der Waals surface area contributed by atoms with Gasteiger partial charge in [0.25, 0.3) is 17.3 Å². The second-order valence-electron chi connectivity index (χ2n) is 5.49. The number of carbonyl (C=O) groups excluding carboxylic acids is 1. The number of nitrogens with zero attached hydrogens (tertiary/aromatic N) is 4. The number of aromatic nitrogens is 2. The Bertz CT molecular complexity index is 1040. The SMILES string of the molecule is O=C(NNc1ccc([N+](=O)[O-])cc1)c1cnc(-c2cccc([N+](=O)[O-])c2)nc1. The Morgan fingerprint density at radius 3 is 2.14 bits per heavy atom.